The maximum absolute atomic E-state index is 12.0. The van der Waals surface area contributed by atoms with Gasteiger partial charge in [-0.3, -0.25) is 9.59 Å². The highest BCUT2D eigenvalue weighted by atomic mass is 32.2. The molecule has 0 aromatic heterocycles. The van der Waals surface area contributed by atoms with Crippen LogP contribution in [-0.2, 0) is 14.4 Å². The number of β-lactam (4-membered cyclic amide) rings is 1. The number of carbonyl (C=O) groups excluding carboxylic acids is 2. The van der Waals surface area contributed by atoms with Gasteiger partial charge in [0.15, 0.2) is 0 Å². The molecule has 3 N–H and O–H groups in total. The minimum absolute atomic E-state index is 0.0449. The Bertz CT molecular complexity index is 531. The largest absolute Gasteiger partial charge is 0.477 e. The number of amides is 1. The van der Waals surface area contributed by atoms with Crippen LogP contribution in [0.15, 0.2) is 10.6 Å². The Morgan fingerprint density at radius 3 is 2.73 bits per heavy atom. The monoisotopic (exact) mass is 328 g/mol. The molecule has 0 unspecified atom stereocenters. The van der Waals surface area contributed by atoms with E-state index in [1.165, 1.54) is 23.6 Å². The normalized spacial score (nSPS) is 25.0. The summed E-state index contributed by atoms with van der Waals surface area (Å²) in [5.74, 6) is -1.27. The molecular weight excluding hydrogens is 308 g/mol. The molecule has 0 aliphatic carbocycles. The van der Waals surface area contributed by atoms with Crippen LogP contribution >= 0.6 is 11.8 Å². The molecule has 1 fully saturated rings. The fourth-order valence-electron chi connectivity index (χ4n) is 2.87. The zero-order valence-electron chi connectivity index (χ0n) is 12.5. The molecule has 1 saturated heterocycles. The number of fused-ring (bicyclic) bond motifs is 1. The zero-order valence-corrected chi connectivity index (χ0v) is 13.4. The van der Waals surface area contributed by atoms with Crippen molar-refractivity contribution in [3.05, 3.63) is 10.6 Å². The van der Waals surface area contributed by atoms with E-state index in [4.69, 9.17) is 0 Å². The number of thioether (sulfide) groups is 1. The van der Waals surface area contributed by atoms with Crippen molar-refractivity contribution in [1.82, 2.24) is 10.2 Å². The second-order valence-electron chi connectivity index (χ2n) is 5.55. The van der Waals surface area contributed by atoms with Crippen molar-refractivity contribution in [1.29, 1.82) is 0 Å². The van der Waals surface area contributed by atoms with E-state index in [9.17, 15) is 24.6 Å². The number of aliphatic hydroxyl groups excluding tert-OH is 1. The van der Waals surface area contributed by atoms with E-state index in [2.05, 4.69) is 5.32 Å². The van der Waals surface area contributed by atoms with Crippen LogP contribution < -0.4 is 5.32 Å². The molecule has 7 nitrogen and oxygen atoms in total. The van der Waals surface area contributed by atoms with Gasteiger partial charge in [-0.1, -0.05) is 0 Å². The number of hydrogen-bond donors (Lipinski definition) is 3. The lowest BCUT2D eigenvalue weighted by Gasteiger charge is -2.44. The summed E-state index contributed by atoms with van der Waals surface area (Å²) in [4.78, 5) is 36.2. The highest BCUT2D eigenvalue weighted by molar-refractivity contribution is 8.03. The first-order valence-corrected chi connectivity index (χ1v) is 8.13. The number of aliphatic carboxylic acids is 1. The third kappa shape index (κ3) is 3.18. The van der Waals surface area contributed by atoms with Gasteiger partial charge in [0, 0.05) is 23.6 Å². The molecule has 0 aromatic rings. The number of rotatable bonds is 8. The predicted octanol–water partition coefficient (Wildman–Crippen LogP) is -0.194. The van der Waals surface area contributed by atoms with Crippen molar-refractivity contribution in [2.24, 2.45) is 5.92 Å². The first kappa shape index (κ1) is 17.0. The summed E-state index contributed by atoms with van der Waals surface area (Å²) in [6.45, 7) is 3.92. The Kier molecular flexibility index (Phi) is 5.25. The minimum Gasteiger partial charge on any atom is -0.477 e. The van der Waals surface area contributed by atoms with Gasteiger partial charge < -0.3 is 20.4 Å². The Balaban J connectivity index is 1.97. The van der Waals surface area contributed by atoms with Crippen molar-refractivity contribution in [3.8, 4) is 0 Å². The highest BCUT2D eigenvalue weighted by Gasteiger charge is 2.56. The number of ketones is 1. The van der Waals surface area contributed by atoms with Crippen LogP contribution in [0.4, 0.5) is 0 Å². The fraction of sp³-hybridized carbons (Fsp3) is 0.643. The van der Waals surface area contributed by atoms with Gasteiger partial charge in [-0.05, 0) is 13.8 Å². The number of carboxylic acids is 1. The SMILES string of the molecule is CC(=O)CNCCSC1=C(C(=O)O)N2C(=O)[C@H]([C@@H](C)O)[C@H]2C1. The lowest BCUT2D eigenvalue weighted by molar-refractivity contribution is -0.161. The molecule has 1 amide bonds. The molecule has 8 heteroatoms. The van der Waals surface area contributed by atoms with Crippen LogP contribution in [0.2, 0.25) is 0 Å². The van der Waals surface area contributed by atoms with Crippen LogP contribution in [0, 0.1) is 5.92 Å². The smallest absolute Gasteiger partial charge is 0.353 e. The Labute approximate surface area is 132 Å². The average Bonchev–Trinajstić information content (AvgIpc) is 2.72. The third-order valence-corrected chi connectivity index (χ3v) is 4.94. The molecule has 2 aliphatic rings. The van der Waals surface area contributed by atoms with Crippen molar-refractivity contribution >= 4 is 29.4 Å². The number of nitrogens with one attached hydrogen (secondary N) is 1. The number of hydrogen-bond acceptors (Lipinski definition) is 6. The molecular formula is C14H20N2O5S. The van der Waals surface area contributed by atoms with Crippen molar-refractivity contribution in [3.63, 3.8) is 0 Å². The number of carbonyl (C=O) groups is 3. The van der Waals surface area contributed by atoms with Crippen LogP contribution in [0.5, 0.6) is 0 Å². The lowest BCUT2D eigenvalue weighted by atomic mass is 9.83. The summed E-state index contributed by atoms with van der Waals surface area (Å²) in [6.07, 6.45) is -0.300. The van der Waals surface area contributed by atoms with E-state index in [-0.39, 0.29) is 23.4 Å². The van der Waals surface area contributed by atoms with E-state index in [1.54, 1.807) is 6.92 Å². The molecule has 2 heterocycles. The van der Waals surface area contributed by atoms with Crippen molar-refractivity contribution < 1.29 is 24.6 Å². The highest BCUT2D eigenvalue weighted by Crippen LogP contribution is 2.46. The van der Waals surface area contributed by atoms with Crippen LogP contribution in [0.3, 0.4) is 0 Å². The second kappa shape index (κ2) is 6.80. The van der Waals surface area contributed by atoms with Gasteiger partial charge in [0.1, 0.15) is 11.5 Å². The van der Waals surface area contributed by atoms with Gasteiger partial charge in [0.05, 0.1) is 24.6 Å². The second-order valence-corrected chi connectivity index (χ2v) is 6.74. The summed E-state index contributed by atoms with van der Waals surface area (Å²) in [6, 6.07) is -0.244. The Morgan fingerprint density at radius 1 is 1.50 bits per heavy atom. The zero-order chi connectivity index (χ0) is 16.4. The van der Waals surface area contributed by atoms with Gasteiger partial charge in [-0.2, -0.15) is 0 Å². The third-order valence-electron chi connectivity index (χ3n) is 3.82. The fourth-order valence-corrected chi connectivity index (χ4v) is 3.97. The van der Waals surface area contributed by atoms with Gasteiger partial charge in [0.2, 0.25) is 5.91 Å². The number of nitrogens with zero attached hydrogens (tertiary/aromatic N) is 1. The van der Waals surface area contributed by atoms with E-state index in [0.717, 1.165) is 0 Å². The number of Topliss-reactive ketones (excluding diaryl/α,β-unsaturated/α-hetero) is 1. The Morgan fingerprint density at radius 2 is 2.18 bits per heavy atom. The molecule has 0 radical (unpaired) electrons. The van der Waals surface area contributed by atoms with Crippen molar-refractivity contribution in [2.45, 2.75) is 32.4 Å². The van der Waals surface area contributed by atoms with E-state index >= 15 is 0 Å². The molecule has 2 aliphatic heterocycles. The van der Waals surface area contributed by atoms with Gasteiger partial charge in [0.25, 0.3) is 0 Å². The number of carboxylic acid groups (broad SMARTS) is 1. The van der Waals surface area contributed by atoms with Crippen LogP contribution in [-0.4, -0.2) is 63.8 Å². The molecule has 3 atom stereocenters. The summed E-state index contributed by atoms with van der Waals surface area (Å²) in [5.41, 5.74) is 0.0449. The van der Waals surface area contributed by atoms with Gasteiger partial charge in [-0.15, -0.1) is 11.8 Å². The average molecular weight is 328 g/mol. The quantitative estimate of drug-likeness (QED) is 0.418. The summed E-state index contributed by atoms with van der Waals surface area (Å²) in [5, 5.41) is 21.9. The maximum atomic E-state index is 12.0. The van der Waals surface area contributed by atoms with Crippen LogP contribution in [0.1, 0.15) is 20.3 Å². The summed E-state index contributed by atoms with van der Waals surface area (Å²) < 4.78 is 0. The number of aliphatic hydroxyl groups is 1. The van der Waals surface area contributed by atoms with E-state index in [0.29, 0.717) is 30.2 Å². The minimum atomic E-state index is -1.11. The predicted molar refractivity (Wildman–Crippen MR) is 81.1 cm³/mol. The molecule has 0 bridgehead atoms. The summed E-state index contributed by atoms with van der Waals surface area (Å²) in [7, 11) is 0. The first-order chi connectivity index (χ1) is 10.3. The Hall–Kier alpha value is -1.38. The summed E-state index contributed by atoms with van der Waals surface area (Å²) >= 11 is 1.38. The van der Waals surface area contributed by atoms with Gasteiger partial charge >= 0.3 is 5.97 Å². The maximum Gasteiger partial charge on any atom is 0.353 e. The molecule has 22 heavy (non-hydrogen) atoms. The van der Waals surface area contributed by atoms with E-state index < -0.39 is 18.0 Å². The standard InChI is InChI=1S/C14H20N2O5S/c1-7(17)6-15-3-4-22-10-5-9-11(8(2)18)13(19)16(9)12(10)14(20)21/h8-9,11,15,18H,3-6H2,1-2H3,(H,20,21)/t8-,9-,11-/m1/s1. The molecule has 122 valence electrons. The van der Waals surface area contributed by atoms with E-state index in [1.807, 2.05) is 0 Å². The van der Waals surface area contributed by atoms with Crippen molar-refractivity contribution in [2.75, 3.05) is 18.8 Å². The molecule has 0 spiro atoms. The topological polar surface area (TPSA) is 107 Å². The van der Waals surface area contributed by atoms with Crippen LogP contribution in [0.25, 0.3) is 0 Å². The molecule has 2 rings (SSSR count). The lowest BCUT2D eigenvalue weighted by Crippen LogP contribution is -2.61. The molecule has 0 aromatic carbocycles. The molecule has 0 saturated carbocycles. The van der Waals surface area contributed by atoms with Gasteiger partial charge in [-0.25, -0.2) is 4.79 Å². The first-order valence-electron chi connectivity index (χ1n) is 7.15.